The van der Waals surface area contributed by atoms with Crippen LogP contribution in [0.1, 0.15) is 30.9 Å². The Morgan fingerprint density at radius 3 is 2.70 bits per heavy atom. The van der Waals surface area contributed by atoms with Gasteiger partial charge < -0.3 is 14.8 Å². The second-order valence-electron chi connectivity index (χ2n) is 7.83. The molecule has 0 aliphatic carbocycles. The van der Waals surface area contributed by atoms with E-state index in [-0.39, 0.29) is 11.8 Å². The largest absolute Gasteiger partial charge is 0.361 e. The molecule has 1 aromatic heterocycles. The van der Waals surface area contributed by atoms with Gasteiger partial charge >= 0.3 is 0 Å². The summed E-state index contributed by atoms with van der Waals surface area (Å²) in [5.41, 5.74) is 3.17. The van der Waals surface area contributed by atoms with Crippen LogP contribution in [0.5, 0.6) is 0 Å². The van der Waals surface area contributed by atoms with E-state index in [0.717, 1.165) is 23.9 Å². The normalized spacial score (nSPS) is 15.0. The van der Waals surface area contributed by atoms with Crippen molar-refractivity contribution in [1.29, 1.82) is 0 Å². The van der Waals surface area contributed by atoms with Gasteiger partial charge in [-0.15, -0.1) is 0 Å². The van der Waals surface area contributed by atoms with Crippen molar-refractivity contribution in [3.63, 3.8) is 0 Å². The zero-order valence-electron chi connectivity index (χ0n) is 17.1. The van der Waals surface area contributed by atoms with Crippen LogP contribution in [-0.2, 0) is 22.6 Å². The number of aromatic nitrogens is 1. The Morgan fingerprint density at radius 1 is 1.17 bits per heavy atom. The highest BCUT2D eigenvalue weighted by atomic mass is 35.5. The maximum Gasteiger partial charge on any atom is 0.245 e. The first-order valence-corrected chi connectivity index (χ1v) is 10.8. The van der Waals surface area contributed by atoms with E-state index in [4.69, 9.17) is 11.6 Å². The summed E-state index contributed by atoms with van der Waals surface area (Å²) in [6.45, 7) is 3.45. The summed E-state index contributed by atoms with van der Waals surface area (Å²) in [6.07, 6.45) is 4.07. The molecule has 1 aliphatic rings. The maximum absolute atomic E-state index is 13.4. The molecule has 6 heteroatoms. The highest BCUT2D eigenvalue weighted by Crippen LogP contribution is 2.22. The standard InChI is InChI=1S/C24H26ClN3O2/c1-17(28-13-6-11-23(28)29)24(30)27(16-19-7-2-4-9-21(19)25)14-12-18-15-26-22-10-5-3-8-20(18)22/h2-5,7-10,15,17,26H,6,11-14,16H2,1H3. The SMILES string of the molecule is CC(C(=O)N(CCc1c[nH]c2ccccc12)Cc1ccccc1Cl)N1CCCC1=O. The van der Waals surface area contributed by atoms with Crippen molar-refractivity contribution in [3.8, 4) is 0 Å². The number of likely N-dealkylation sites (tertiary alicyclic amines) is 1. The summed E-state index contributed by atoms with van der Waals surface area (Å²) < 4.78 is 0. The molecule has 3 aromatic rings. The van der Waals surface area contributed by atoms with Crippen LogP contribution in [0.2, 0.25) is 5.02 Å². The van der Waals surface area contributed by atoms with E-state index >= 15 is 0 Å². The van der Waals surface area contributed by atoms with Crippen LogP contribution < -0.4 is 0 Å². The Labute approximate surface area is 181 Å². The topological polar surface area (TPSA) is 56.4 Å². The number of nitrogens with zero attached hydrogens (tertiary/aromatic N) is 2. The highest BCUT2D eigenvalue weighted by molar-refractivity contribution is 6.31. The molecule has 1 fully saturated rings. The number of aromatic amines is 1. The highest BCUT2D eigenvalue weighted by Gasteiger charge is 2.32. The Kier molecular flexibility index (Phi) is 6.09. The Balaban J connectivity index is 1.55. The van der Waals surface area contributed by atoms with Gasteiger partial charge in [0.15, 0.2) is 0 Å². The van der Waals surface area contributed by atoms with E-state index in [2.05, 4.69) is 11.1 Å². The van der Waals surface area contributed by atoms with Gasteiger partial charge in [0, 0.05) is 48.2 Å². The first-order chi connectivity index (χ1) is 14.5. The Bertz CT molecular complexity index is 1060. The summed E-state index contributed by atoms with van der Waals surface area (Å²) in [7, 11) is 0. The van der Waals surface area contributed by atoms with Crippen LogP contribution in [0.4, 0.5) is 0 Å². The average Bonchev–Trinajstić information content (AvgIpc) is 3.37. The number of rotatable bonds is 7. The molecule has 0 bridgehead atoms. The molecule has 2 amide bonds. The molecule has 1 aliphatic heterocycles. The Morgan fingerprint density at radius 2 is 1.93 bits per heavy atom. The molecule has 4 rings (SSSR count). The van der Waals surface area contributed by atoms with Crippen molar-refractivity contribution >= 4 is 34.3 Å². The number of hydrogen-bond donors (Lipinski definition) is 1. The summed E-state index contributed by atoms with van der Waals surface area (Å²) in [6, 6.07) is 15.3. The van der Waals surface area contributed by atoms with Crippen molar-refractivity contribution in [2.75, 3.05) is 13.1 Å². The van der Waals surface area contributed by atoms with Crippen LogP contribution in [0, 0.1) is 0 Å². The minimum absolute atomic E-state index is 0.0370. The first kappa shape index (κ1) is 20.5. The van der Waals surface area contributed by atoms with Crippen molar-refractivity contribution in [1.82, 2.24) is 14.8 Å². The minimum atomic E-state index is -0.467. The van der Waals surface area contributed by atoms with Gasteiger partial charge in [0.05, 0.1) is 0 Å². The van der Waals surface area contributed by atoms with E-state index < -0.39 is 6.04 Å². The van der Waals surface area contributed by atoms with Crippen LogP contribution in [0.3, 0.4) is 0 Å². The monoisotopic (exact) mass is 423 g/mol. The fraction of sp³-hybridized carbons (Fsp3) is 0.333. The summed E-state index contributed by atoms with van der Waals surface area (Å²) in [5.74, 6) is 0.0233. The zero-order chi connectivity index (χ0) is 21.1. The lowest BCUT2D eigenvalue weighted by Gasteiger charge is -2.31. The number of fused-ring (bicyclic) bond motifs is 1. The van der Waals surface area contributed by atoms with Gasteiger partial charge in [-0.2, -0.15) is 0 Å². The number of hydrogen-bond acceptors (Lipinski definition) is 2. The second kappa shape index (κ2) is 8.92. The van der Waals surface area contributed by atoms with E-state index in [1.54, 1.807) is 4.90 Å². The lowest BCUT2D eigenvalue weighted by atomic mass is 10.1. The average molecular weight is 424 g/mol. The number of benzene rings is 2. The van der Waals surface area contributed by atoms with Crippen molar-refractivity contribution in [3.05, 3.63) is 70.9 Å². The van der Waals surface area contributed by atoms with Gasteiger partial charge in [0.2, 0.25) is 11.8 Å². The molecule has 0 radical (unpaired) electrons. The number of halogens is 1. The molecule has 1 N–H and O–H groups in total. The molecule has 1 unspecified atom stereocenters. The van der Waals surface area contributed by atoms with Crippen LogP contribution in [-0.4, -0.2) is 45.7 Å². The van der Waals surface area contributed by atoms with Crippen LogP contribution >= 0.6 is 11.6 Å². The molecular formula is C24H26ClN3O2. The summed E-state index contributed by atoms with van der Waals surface area (Å²) >= 11 is 6.37. The first-order valence-electron chi connectivity index (χ1n) is 10.4. The lowest BCUT2D eigenvalue weighted by Crippen LogP contribution is -2.48. The number of para-hydroxylation sites is 1. The van der Waals surface area contributed by atoms with Gasteiger partial charge in [-0.25, -0.2) is 0 Å². The molecule has 2 heterocycles. The van der Waals surface area contributed by atoms with Gasteiger partial charge in [-0.05, 0) is 43.0 Å². The quantitative estimate of drug-likeness (QED) is 0.612. The summed E-state index contributed by atoms with van der Waals surface area (Å²) in [5, 5.41) is 1.82. The number of carbonyl (C=O) groups is 2. The molecule has 0 saturated carbocycles. The predicted octanol–water partition coefficient (Wildman–Crippen LogP) is 4.40. The fourth-order valence-corrected chi connectivity index (χ4v) is 4.36. The van der Waals surface area contributed by atoms with E-state index in [1.807, 2.05) is 60.5 Å². The molecule has 156 valence electrons. The number of H-pyrrole nitrogens is 1. The van der Waals surface area contributed by atoms with Crippen LogP contribution in [0.15, 0.2) is 54.7 Å². The third-order valence-corrected chi connectivity index (χ3v) is 6.26. The number of carbonyl (C=O) groups excluding carboxylic acids is 2. The van der Waals surface area contributed by atoms with Gasteiger partial charge in [0.25, 0.3) is 0 Å². The Hall–Kier alpha value is -2.79. The molecule has 2 aromatic carbocycles. The van der Waals surface area contributed by atoms with Crippen molar-refractivity contribution < 1.29 is 9.59 Å². The molecule has 5 nitrogen and oxygen atoms in total. The van der Waals surface area contributed by atoms with E-state index in [0.29, 0.717) is 31.1 Å². The number of nitrogens with one attached hydrogen (secondary N) is 1. The number of amides is 2. The van der Waals surface area contributed by atoms with E-state index in [9.17, 15) is 9.59 Å². The van der Waals surface area contributed by atoms with Gasteiger partial charge in [0.1, 0.15) is 6.04 Å². The third-order valence-electron chi connectivity index (χ3n) is 5.89. The molecule has 1 atom stereocenters. The smallest absolute Gasteiger partial charge is 0.245 e. The molecular weight excluding hydrogens is 398 g/mol. The zero-order valence-corrected chi connectivity index (χ0v) is 17.9. The predicted molar refractivity (Wildman–Crippen MR) is 119 cm³/mol. The summed E-state index contributed by atoms with van der Waals surface area (Å²) in [4.78, 5) is 32.4. The molecule has 0 spiro atoms. The molecule has 1 saturated heterocycles. The minimum Gasteiger partial charge on any atom is -0.361 e. The van der Waals surface area contributed by atoms with Crippen LogP contribution in [0.25, 0.3) is 10.9 Å². The van der Waals surface area contributed by atoms with Crippen molar-refractivity contribution in [2.24, 2.45) is 0 Å². The lowest BCUT2D eigenvalue weighted by molar-refractivity contribution is -0.143. The van der Waals surface area contributed by atoms with E-state index in [1.165, 1.54) is 10.9 Å². The second-order valence-corrected chi connectivity index (χ2v) is 8.23. The fourth-order valence-electron chi connectivity index (χ4n) is 4.17. The van der Waals surface area contributed by atoms with Gasteiger partial charge in [-0.3, -0.25) is 9.59 Å². The van der Waals surface area contributed by atoms with Crippen molar-refractivity contribution in [2.45, 2.75) is 38.8 Å². The van der Waals surface area contributed by atoms with Gasteiger partial charge in [-0.1, -0.05) is 48.0 Å². The maximum atomic E-state index is 13.4. The molecule has 30 heavy (non-hydrogen) atoms. The third kappa shape index (κ3) is 4.21.